The number of nitrogens with one attached hydrogen (secondary N) is 2. The first kappa shape index (κ1) is 22.6. The number of hydrogen-bond donors (Lipinski definition) is 2. The Morgan fingerprint density at radius 3 is 2.63 bits per heavy atom. The lowest BCUT2D eigenvalue weighted by Gasteiger charge is -2.18. The van der Waals surface area contributed by atoms with Gasteiger partial charge in [-0.15, -0.1) is 0 Å². The minimum absolute atomic E-state index is 0.262. The van der Waals surface area contributed by atoms with Gasteiger partial charge in [0, 0.05) is 45.6 Å². The van der Waals surface area contributed by atoms with Crippen molar-refractivity contribution in [3.8, 4) is 0 Å². The average molecular weight is 415 g/mol. The fraction of sp³-hybridized carbons (Fsp3) is 0.667. The van der Waals surface area contributed by atoms with Crippen molar-refractivity contribution in [1.29, 1.82) is 0 Å². The normalized spacial score (nSPS) is 21.0. The molecule has 6 nitrogen and oxygen atoms in total. The van der Waals surface area contributed by atoms with E-state index in [2.05, 4.69) is 27.8 Å². The van der Waals surface area contributed by atoms with Crippen LogP contribution in [0.3, 0.4) is 0 Å². The second-order valence-corrected chi connectivity index (χ2v) is 8.51. The molecule has 3 rings (SSSR count). The van der Waals surface area contributed by atoms with Gasteiger partial charge in [-0.05, 0) is 24.8 Å². The van der Waals surface area contributed by atoms with Crippen molar-refractivity contribution in [3.05, 3.63) is 35.9 Å². The molecule has 1 heterocycles. The molecule has 0 radical (unpaired) electrons. The van der Waals surface area contributed by atoms with Gasteiger partial charge in [0.2, 0.25) is 5.91 Å². The number of carbonyl (C=O) groups is 1. The average Bonchev–Trinajstić information content (AvgIpc) is 2.95. The Morgan fingerprint density at radius 2 is 1.90 bits per heavy atom. The van der Waals surface area contributed by atoms with Crippen molar-refractivity contribution >= 4 is 11.9 Å². The number of benzene rings is 1. The highest BCUT2D eigenvalue weighted by Crippen LogP contribution is 2.19. The van der Waals surface area contributed by atoms with Gasteiger partial charge >= 0.3 is 0 Å². The molecule has 1 unspecified atom stereocenters. The molecule has 2 fully saturated rings. The highest BCUT2D eigenvalue weighted by Gasteiger charge is 2.29. The third-order valence-electron chi connectivity index (χ3n) is 6.14. The van der Waals surface area contributed by atoms with Crippen molar-refractivity contribution in [2.75, 3.05) is 39.8 Å². The maximum absolute atomic E-state index is 12.3. The molecule has 1 saturated heterocycles. The molecule has 1 amide bonds. The van der Waals surface area contributed by atoms with Crippen LogP contribution in [0.15, 0.2) is 35.3 Å². The van der Waals surface area contributed by atoms with Gasteiger partial charge in [-0.2, -0.15) is 0 Å². The summed E-state index contributed by atoms with van der Waals surface area (Å²) in [4.78, 5) is 18.6. The Kier molecular flexibility index (Phi) is 9.48. The molecule has 1 aromatic rings. The first-order valence-electron chi connectivity index (χ1n) is 11.6. The van der Waals surface area contributed by atoms with E-state index >= 15 is 0 Å². The minimum Gasteiger partial charge on any atom is -0.376 e. The van der Waals surface area contributed by atoms with E-state index in [1.807, 2.05) is 23.1 Å². The quantitative estimate of drug-likeness (QED) is 0.282. The van der Waals surface area contributed by atoms with Gasteiger partial charge in [-0.25, -0.2) is 0 Å². The molecule has 0 spiro atoms. The molecular weight excluding hydrogens is 376 g/mol. The summed E-state index contributed by atoms with van der Waals surface area (Å²) in [5.41, 5.74) is 1.28. The number of carbonyl (C=O) groups excluding carboxylic acids is 1. The SMILES string of the molecule is CN=C(NCCOC1CCCCCC1)NCC1CC(=O)N(CCc2ccccc2)C1. The lowest BCUT2D eigenvalue weighted by Crippen LogP contribution is -2.41. The van der Waals surface area contributed by atoms with Crippen LogP contribution >= 0.6 is 0 Å². The summed E-state index contributed by atoms with van der Waals surface area (Å²) in [5.74, 6) is 1.38. The standard InChI is InChI=1S/C24H38N4O2/c1-25-24(26-14-16-30-22-11-7-2-3-8-12-22)27-18-21-17-23(29)28(19-21)15-13-20-9-5-4-6-10-20/h4-6,9-10,21-22H,2-3,7-8,11-19H2,1H3,(H2,25,26,27). The van der Waals surface area contributed by atoms with Crippen LogP contribution < -0.4 is 10.6 Å². The topological polar surface area (TPSA) is 66.0 Å². The molecular formula is C24H38N4O2. The second-order valence-electron chi connectivity index (χ2n) is 8.51. The zero-order valence-electron chi connectivity index (χ0n) is 18.4. The fourth-order valence-corrected chi connectivity index (χ4v) is 4.38. The van der Waals surface area contributed by atoms with Crippen LogP contribution in [0, 0.1) is 5.92 Å². The van der Waals surface area contributed by atoms with Gasteiger partial charge < -0.3 is 20.3 Å². The Balaban J connectivity index is 1.30. The zero-order chi connectivity index (χ0) is 21.0. The van der Waals surface area contributed by atoms with E-state index < -0.39 is 0 Å². The fourth-order valence-electron chi connectivity index (χ4n) is 4.38. The molecule has 2 aliphatic rings. The van der Waals surface area contributed by atoms with Crippen LogP contribution in [0.2, 0.25) is 0 Å². The summed E-state index contributed by atoms with van der Waals surface area (Å²) >= 11 is 0. The largest absolute Gasteiger partial charge is 0.376 e. The van der Waals surface area contributed by atoms with E-state index in [0.717, 1.165) is 38.6 Å². The number of aliphatic imine (C=N–C) groups is 1. The molecule has 1 aliphatic heterocycles. The molecule has 6 heteroatoms. The molecule has 2 N–H and O–H groups in total. The van der Waals surface area contributed by atoms with E-state index in [4.69, 9.17) is 4.74 Å². The van der Waals surface area contributed by atoms with Crippen LogP contribution in [-0.4, -0.2) is 62.7 Å². The summed E-state index contributed by atoms with van der Waals surface area (Å²) in [6.07, 6.45) is 9.64. The smallest absolute Gasteiger partial charge is 0.223 e. The lowest BCUT2D eigenvalue weighted by molar-refractivity contribution is -0.127. The van der Waals surface area contributed by atoms with Crippen molar-refractivity contribution in [1.82, 2.24) is 15.5 Å². The van der Waals surface area contributed by atoms with Crippen LogP contribution in [0.1, 0.15) is 50.5 Å². The monoisotopic (exact) mass is 414 g/mol. The summed E-state index contributed by atoms with van der Waals surface area (Å²) < 4.78 is 6.03. The summed E-state index contributed by atoms with van der Waals surface area (Å²) in [7, 11) is 1.79. The number of ether oxygens (including phenoxy) is 1. The third-order valence-corrected chi connectivity index (χ3v) is 6.14. The van der Waals surface area contributed by atoms with Crippen molar-refractivity contribution in [2.45, 2.75) is 57.5 Å². The van der Waals surface area contributed by atoms with E-state index in [1.165, 1.54) is 44.1 Å². The molecule has 1 aliphatic carbocycles. The van der Waals surface area contributed by atoms with Crippen LogP contribution in [0.25, 0.3) is 0 Å². The predicted molar refractivity (Wildman–Crippen MR) is 122 cm³/mol. The van der Waals surface area contributed by atoms with E-state index in [-0.39, 0.29) is 5.91 Å². The number of rotatable bonds is 9. The number of hydrogen-bond acceptors (Lipinski definition) is 3. The highest BCUT2D eigenvalue weighted by atomic mass is 16.5. The van der Waals surface area contributed by atoms with Crippen molar-refractivity contribution in [3.63, 3.8) is 0 Å². The maximum atomic E-state index is 12.3. The van der Waals surface area contributed by atoms with Gasteiger partial charge in [0.1, 0.15) is 0 Å². The zero-order valence-corrected chi connectivity index (χ0v) is 18.4. The maximum Gasteiger partial charge on any atom is 0.223 e. The van der Waals surface area contributed by atoms with E-state index in [9.17, 15) is 4.79 Å². The first-order valence-corrected chi connectivity index (χ1v) is 11.6. The van der Waals surface area contributed by atoms with Gasteiger partial charge in [-0.1, -0.05) is 56.0 Å². The molecule has 0 bridgehead atoms. The predicted octanol–water partition coefficient (Wildman–Crippen LogP) is 2.98. The van der Waals surface area contributed by atoms with E-state index in [0.29, 0.717) is 25.0 Å². The molecule has 1 saturated carbocycles. The Bertz CT molecular complexity index is 656. The molecule has 1 atom stereocenters. The number of nitrogens with zero attached hydrogens (tertiary/aromatic N) is 2. The first-order chi connectivity index (χ1) is 14.7. The number of amides is 1. The van der Waals surface area contributed by atoms with E-state index in [1.54, 1.807) is 7.05 Å². The lowest BCUT2D eigenvalue weighted by atomic mass is 10.1. The molecule has 1 aromatic carbocycles. The van der Waals surface area contributed by atoms with Gasteiger partial charge in [0.25, 0.3) is 0 Å². The van der Waals surface area contributed by atoms with Gasteiger partial charge in [-0.3, -0.25) is 9.79 Å². The summed E-state index contributed by atoms with van der Waals surface area (Å²) in [6.45, 7) is 3.84. The third kappa shape index (κ3) is 7.63. The number of likely N-dealkylation sites (tertiary alicyclic amines) is 1. The molecule has 166 valence electrons. The Labute approximate surface area is 181 Å². The van der Waals surface area contributed by atoms with Crippen LogP contribution in [0.5, 0.6) is 0 Å². The number of guanidine groups is 1. The minimum atomic E-state index is 0.262. The highest BCUT2D eigenvalue weighted by molar-refractivity contribution is 5.80. The van der Waals surface area contributed by atoms with Crippen LogP contribution in [-0.2, 0) is 16.0 Å². The molecule has 0 aromatic heterocycles. The second kappa shape index (κ2) is 12.6. The summed E-state index contributed by atoms with van der Waals surface area (Å²) in [5, 5.41) is 6.71. The van der Waals surface area contributed by atoms with Crippen molar-refractivity contribution < 1.29 is 9.53 Å². The molecule has 30 heavy (non-hydrogen) atoms. The summed E-state index contributed by atoms with van der Waals surface area (Å²) in [6, 6.07) is 10.4. The van der Waals surface area contributed by atoms with Gasteiger partial charge in [0.05, 0.1) is 12.7 Å². The van der Waals surface area contributed by atoms with Gasteiger partial charge in [0.15, 0.2) is 5.96 Å². The Morgan fingerprint density at radius 1 is 1.13 bits per heavy atom. The Hall–Kier alpha value is -2.08. The van der Waals surface area contributed by atoms with Crippen molar-refractivity contribution in [2.24, 2.45) is 10.9 Å². The van der Waals surface area contributed by atoms with Crippen LogP contribution in [0.4, 0.5) is 0 Å².